The number of aromatic nitrogens is 4. The first kappa shape index (κ1) is 16.6. The standard InChI is InChI=1S/C15H14BrN5O2S/c1-19(8-13-7-11(16)10-24-13)14(22)9-20-15(23)21(18-17-20)12-5-3-2-4-6-12/h2-7,10H,8-9H2,1H3. The third-order valence-electron chi connectivity index (χ3n) is 3.37. The van der Waals surface area contributed by atoms with Crippen molar-refractivity contribution >= 4 is 33.2 Å². The van der Waals surface area contributed by atoms with E-state index in [9.17, 15) is 9.59 Å². The molecule has 0 fully saturated rings. The minimum atomic E-state index is -0.443. The molecule has 3 rings (SSSR count). The third-order valence-corrected chi connectivity index (χ3v) is 5.05. The maximum absolute atomic E-state index is 12.3. The predicted octanol–water partition coefficient (Wildman–Crippen LogP) is 1.91. The number of benzene rings is 1. The molecular formula is C15H14BrN5O2S. The predicted molar refractivity (Wildman–Crippen MR) is 94.1 cm³/mol. The fourth-order valence-electron chi connectivity index (χ4n) is 2.11. The Kier molecular flexibility index (Phi) is 4.91. The Morgan fingerprint density at radius 2 is 2.04 bits per heavy atom. The van der Waals surface area contributed by atoms with Crippen LogP contribution in [0.5, 0.6) is 0 Å². The first-order valence-electron chi connectivity index (χ1n) is 7.09. The molecule has 0 bridgehead atoms. The summed E-state index contributed by atoms with van der Waals surface area (Å²) in [5.41, 5.74) is 0.166. The van der Waals surface area contributed by atoms with Crippen molar-refractivity contribution in [1.29, 1.82) is 0 Å². The average Bonchev–Trinajstić information content (AvgIpc) is 3.14. The van der Waals surface area contributed by atoms with Gasteiger partial charge in [-0.1, -0.05) is 18.2 Å². The van der Waals surface area contributed by atoms with E-state index in [1.54, 1.807) is 47.5 Å². The Hall–Kier alpha value is -2.26. The van der Waals surface area contributed by atoms with Gasteiger partial charge in [-0.3, -0.25) is 4.79 Å². The molecule has 0 aliphatic rings. The second-order valence-corrected chi connectivity index (χ2v) is 7.06. The van der Waals surface area contributed by atoms with Gasteiger partial charge in [-0.05, 0) is 44.6 Å². The zero-order valence-corrected chi connectivity index (χ0v) is 15.2. The number of halogens is 1. The van der Waals surface area contributed by atoms with Crippen LogP contribution in [0.2, 0.25) is 0 Å². The molecular weight excluding hydrogens is 394 g/mol. The van der Waals surface area contributed by atoms with E-state index in [0.717, 1.165) is 14.0 Å². The number of nitrogens with zero attached hydrogens (tertiary/aromatic N) is 5. The molecule has 0 N–H and O–H groups in total. The highest BCUT2D eigenvalue weighted by Crippen LogP contribution is 2.20. The Bertz CT molecular complexity index is 902. The van der Waals surface area contributed by atoms with Crippen LogP contribution in [0, 0.1) is 0 Å². The van der Waals surface area contributed by atoms with E-state index in [-0.39, 0.29) is 12.5 Å². The third kappa shape index (κ3) is 3.62. The van der Waals surface area contributed by atoms with Crippen LogP contribution in [0.15, 0.2) is 51.0 Å². The molecule has 0 aliphatic carbocycles. The lowest BCUT2D eigenvalue weighted by atomic mass is 10.3. The van der Waals surface area contributed by atoms with Crippen LogP contribution in [0.1, 0.15) is 4.88 Å². The summed E-state index contributed by atoms with van der Waals surface area (Å²) in [6.07, 6.45) is 0. The molecule has 7 nitrogen and oxygen atoms in total. The number of carbonyl (C=O) groups excluding carboxylic acids is 1. The van der Waals surface area contributed by atoms with Gasteiger partial charge in [0, 0.05) is 21.8 Å². The molecule has 124 valence electrons. The molecule has 0 radical (unpaired) electrons. The lowest BCUT2D eigenvalue weighted by Gasteiger charge is -2.15. The van der Waals surface area contributed by atoms with E-state index < -0.39 is 5.69 Å². The number of rotatable bonds is 5. The molecule has 2 aromatic heterocycles. The second-order valence-electron chi connectivity index (χ2n) is 5.15. The number of para-hydroxylation sites is 1. The molecule has 2 heterocycles. The Balaban J connectivity index is 1.71. The lowest BCUT2D eigenvalue weighted by Crippen LogP contribution is -2.34. The summed E-state index contributed by atoms with van der Waals surface area (Å²) in [5, 5.41) is 9.58. The maximum atomic E-state index is 12.3. The van der Waals surface area contributed by atoms with Gasteiger partial charge in [0.25, 0.3) is 0 Å². The molecule has 0 spiro atoms. The number of thiophene rings is 1. The van der Waals surface area contributed by atoms with Crippen molar-refractivity contribution in [2.45, 2.75) is 13.1 Å². The van der Waals surface area contributed by atoms with Crippen LogP contribution < -0.4 is 5.69 Å². The highest BCUT2D eigenvalue weighted by molar-refractivity contribution is 9.10. The van der Waals surface area contributed by atoms with E-state index >= 15 is 0 Å². The van der Waals surface area contributed by atoms with E-state index in [0.29, 0.717) is 12.2 Å². The van der Waals surface area contributed by atoms with E-state index in [4.69, 9.17) is 0 Å². The second kappa shape index (κ2) is 7.10. The fraction of sp³-hybridized carbons (Fsp3) is 0.200. The Morgan fingerprint density at radius 1 is 1.29 bits per heavy atom. The maximum Gasteiger partial charge on any atom is 0.368 e. The summed E-state index contributed by atoms with van der Waals surface area (Å²) < 4.78 is 3.23. The molecule has 3 aromatic rings. The summed E-state index contributed by atoms with van der Waals surface area (Å²) in [7, 11) is 1.70. The summed E-state index contributed by atoms with van der Waals surface area (Å²) >= 11 is 4.95. The normalized spacial score (nSPS) is 10.8. The number of likely N-dealkylation sites (N-methyl/N-ethyl adjacent to an activating group) is 1. The Labute approximate surface area is 150 Å². The summed E-state index contributed by atoms with van der Waals surface area (Å²) in [4.78, 5) is 27.2. The first-order chi connectivity index (χ1) is 11.5. The van der Waals surface area contributed by atoms with E-state index in [1.165, 1.54) is 4.68 Å². The topological polar surface area (TPSA) is 73.0 Å². The van der Waals surface area contributed by atoms with Crippen molar-refractivity contribution < 1.29 is 4.79 Å². The first-order valence-corrected chi connectivity index (χ1v) is 8.77. The molecule has 24 heavy (non-hydrogen) atoms. The highest BCUT2D eigenvalue weighted by Gasteiger charge is 2.15. The smallest absolute Gasteiger partial charge is 0.339 e. The van der Waals surface area contributed by atoms with Gasteiger partial charge in [0.15, 0.2) is 0 Å². The number of hydrogen-bond acceptors (Lipinski definition) is 5. The van der Waals surface area contributed by atoms with Crippen LogP contribution in [0.4, 0.5) is 0 Å². The summed E-state index contributed by atoms with van der Waals surface area (Å²) in [6, 6.07) is 10.9. The quantitative estimate of drug-likeness (QED) is 0.647. The number of amides is 1. The van der Waals surface area contributed by atoms with Crippen molar-refractivity contribution in [3.05, 3.63) is 61.6 Å². The lowest BCUT2D eigenvalue weighted by molar-refractivity contribution is -0.131. The number of hydrogen-bond donors (Lipinski definition) is 0. The monoisotopic (exact) mass is 407 g/mol. The van der Waals surface area contributed by atoms with Crippen molar-refractivity contribution in [1.82, 2.24) is 24.7 Å². The molecule has 9 heteroatoms. The molecule has 0 saturated carbocycles. The average molecular weight is 408 g/mol. The van der Waals surface area contributed by atoms with Gasteiger partial charge < -0.3 is 4.90 Å². The zero-order chi connectivity index (χ0) is 17.1. The molecule has 1 amide bonds. The van der Waals surface area contributed by atoms with Gasteiger partial charge in [0.2, 0.25) is 5.91 Å². The van der Waals surface area contributed by atoms with Crippen LogP contribution >= 0.6 is 27.3 Å². The van der Waals surface area contributed by atoms with Crippen molar-refractivity contribution in [2.75, 3.05) is 7.05 Å². The number of tetrazole rings is 1. The van der Waals surface area contributed by atoms with Crippen molar-refractivity contribution in [3.8, 4) is 5.69 Å². The summed E-state index contributed by atoms with van der Waals surface area (Å²) in [5.74, 6) is -0.207. The highest BCUT2D eigenvalue weighted by atomic mass is 79.9. The molecule has 0 saturated heterocycles. The Morgan fingerprint density at radius 3 is 2.71 bits per heavy atom. The van der Waals surface area contributed by atoms with Gasteiger partial charge in [0.1, 0.15) is 6.54 Å². The van der Waals surface area contributed by atoms with Crippen molar-refractivity contribution in [2.24, 2.45) is 0 Å². The molecule has 0 atom stereocenters. The van der Waals surface area contributed by atoms with Crippen LogP contribution in [-0.2, 0) is 17.9 Å². The molecule has 0 unspecified atom stereocenters. The largest absolute Gasteiger partial charge is 0.368 e. The number of carbonyl (C=O) groups is 1. The van der Waals surface area contributed by atoms with E-state index in [1.807, 2.05) is 17.5 Å². The van der Waals surface area contributed by atoms with Gasteiger partial charge in [-0.15, -0.1) is 11.3 Å². The summed E-state index contributed by atoms with van der Waals surface area (Å²) in [6.45, 7) is 0.339. The van der Waals surface area contributed by atoms with Crippen molar-refractivity contribution in [3.63, 3.8) is 0 Å². The van der Waals surface area contributed by atoms with Crippen LogP contribution in [0.3, 0.4) is 0 Å². The SMILES string of the molecule is CN(Cc1cc(Br)cs1)C(=O)Cn1nnn(-c2ccccc2)c1=O. The fourth-order valence-corrected chi connectivity index (χ4v) is 3.62. The van der Waals surface area contributed by atoms with E-state index in [2.05, 4.69) is 26.4 Å². The van der Waals surface area contributed by atoms with Crippen LogP contribution in [0.25, 0.3) is 5.69 Å². The molecule has 1 aromatic carbocycles. The van der Waals surface area contributed by atoms with Gasteiger partial charge in [0.05, 0.1) is 12.2 Å². The zero-order valence-electron chi connectivity index (χ0n) is 12.8. The van der Waals surface area contributed by atoms with Gasteiger partial charge >= 0.3 is 5.69 Å². The van der Waals surface area contributed by atoms with Gasteiger partial charge in [-0.25, -0.2) is 4.79 Å². The minimum Gasteiger partial charge on any atom is -0.339 e. The minimum absolute atomic E-state index is 0.144. The molecule has 0 aliphatic heterocycles. The van der Waals surface area contributed by atoms with Gasteiger partial charge in [-0.2, -0.15) is 9.36 Å². The van der Waals surface area contributed by atoms with Crippen LogP contribution in [-0.4, -0.2) is 37.6 Å².